The first-order valence-electron chi connectivity index (χ1n) is 9.86. The van der Waals surface area contributed by atoms with E-state index in [0.717, 1.165) is 11.8 Å². The third-order valence-corrected chi connectivity index (χ3v) is 6.71. The molecule has 174 valence electrons. The maximum Gasteiger partial charge on any atom is 0.339 e. The molecule has 0 aromatic heterocycles. The van der Waals surface area contributed by atoms with Gasteiger partial charge in [-0.3, -0.25) is 9.52 Å². The Kier molecular flexibility index (Phi) is 6.80. The highest BCUT2D eigenvalue weighted by molar-refractivity contribution is 7.92. The van der Waals surface area contributed by atoms with Gasteiger partial charge in [-0.15, -0.1) is 0 Å². The molecule has 0 aliphatic rings. The van der Waals surface area contributed by atoms with E-state index in [9.17, 15) is 21.6 Å². The van der Waals surface area contributed by atoms with Gasteiger partial charge in [0, 0.05) is 11.3 Å². The topological polar surface area (TPSA) is 119 Å². The van der Waals surface area contributed by atoms with Gasteiger partial charge in [-0.25, -0.2) is 8.42 Å². The number of anilines is 2. The van der Waals surface area contributed by atoms with Crippen molar-refractivity contribution in [2.75, 3.05) is 16.3 Å². The molecule has 10 heteroatoms. The molecule has 0 fully saturated rings. The van der Waals surface area contributed by atoms with Gasteiger partial charge in [0.25, 0.3) is 5.91 Å². The lowest BCUT2D eigenvalue weighted by atomic mass is 10.1. The first-order valence-corrected chi connectivity index (χ1v) is 13.2. The molecule has 0 saturated heterocycles. The van der Waals surface area contributed by atoms with Crippen molar-refractivity contribution in [3.63, 3.8) is 0 Å². The summed E-state index contributed by atoms with van der Waals surface area (Å²) in [4.78, 5) is 12.7. The van der Waals surface area contributed by atoms with E-state index >= 15 is 0 Å². The summed E-state index contributed by atoms with van der Waals surface area (Å²) < 4.78 is 55.9. The van der Waals surface area contributed by atoms with Gasteiger partial charge in [-0.1, -0.05) is 18.2 Å². The van der Waals surface area contributed by atoms with Gasteiger partial charge in [0.1, 0.15) is 10.6 Å². The highest BCUT2D eigenvalue weighted by Crippen LogP contribution is 2.24. The zero-order valence-electron chi connectivity index (χ0n) is 18.5. The van der Waals surface area contributed by atoms with Crippen molar-refractivity contribution in [3.05, 3.63) is 82.9 Å². The number of benzene rings is 3. The van der Waals surface area contributed by atoms with E-state index in [1.54, 1.807) is 45.0 Å². The van der Waals surface area contributed by atoms with Crippen LogP contribution in [0.25, 0.3) is 0 Å². The summed E-state index contributed by atoms with van der Waals surface area (Å²) in [6.07, 6.45) is 1.04. The van der Waals surface area contributed by atoms with Crippen molar-refractivity contribution in [3.8, 4) is 5.75 Å². The molecule has 2 N–H and O–H groups in total. The van der Waals surface area contributed by atoms with Gasteiger partial charge in [-0.2, -0.15) is 8.42 Å². The SMILES string of the molecule is Cc1ccc(C)c(S(=O)(=O)Oc2ccc(C(=O)Nc3ccc(C)c(NS(C)(=O)=O)c3)cc2)c1. The van der Waals surface area contributed by atoms with Crippen LogP contribution in [-0.2, 0) is 20.1 Å². The molecular weight excluding hydrogens is 464 g/mol. The highest BCUT2D eigenvalue weighted by atomic mass is 32.2. The number of aryl methyl sites for hydroxylation is 3. The Morgan fingerprint density at radius 3 is 2.09 bits per heavy atom. The number of carbonyl (C=O) groups excluding carboxylic acids is 1. The predicted molar refractivity (Wildman–Crippen MR) is 128 cm³/mol. The molecule has 0 bridgehead atoms. The normalized spacial score (nSPS) is 11.6. The Hall–Kier alpha value is -3.37. The molecule has 0 atom stereocenters. The van der Waals surface area contributed by atoms with Crippen LogP contribution < -0.4 is 14.2 Å². The summed E-state index contributed by atoms with van der Waals surface area (Å²) in [7, 11) is -7.50. The first kappa shape index (κ1) is 24.3. The maximum absolute atomic E-state index is 12.6. The standard InChI is InChI=1S/C23H24N2O6S2/c1-15-5-6-17(3)22(13-15)33(29,30)31-20-11-8-18(9-12-20)23(26)24-19-10-7-16(2)21(14-19)25-32(4,27)28/h5-14,25H,1-4H3,(H,24,26). The van der Waals surface area contributed by atoms with Crippen molar-refractivity contribution in [1.29, 1.82) is 0 Å². The first-order chi connectivity index (χ1) is 15.3. The minimum absolute atomic E-state index is 0.0717. The fourth-order valence-corrected chi connectivity index (χ4v) is 4.89. The molecule has 0 spiro atoms. The van der Waals surface area contributed by atoms with E-state index in [-0.39, 0.29) is 16.2 Å². The van der Waals surface area contributed by atoms with Gasteiger partial charge in [0.15, 0.2) is 0 Å². The van der Waals surface area contributed by atoms with Crippen LogP contribution in [0.1, 0.15) is 27.0 Å². The fourth-order valence-electron chi connectivity index (χ4n) is 3.02. The average molecular weight is 489 g/mol. The van der Waals surface area contributed by atoms with Crippen LogP contribution in [0.2, 0.25) is 0 Å². The molecule has 0 unspecified atom stereocenters. The van der Waals surface area contributed by atoms with Crippen LogP contribution in [0.5, 0.6) is 5.75 Å². The number of sulfonamides is 1. The van der Waals surface area contributed by atoms with Gasteiger partial charge < -0.3 is 9.50 Å². The lowest BCUT2D eigenvalue weighted by Gasteiger charge is -2.12. The molecule has 0 aliphatic heterocycles. The summed E-state index contributed by atoms with van der Waals surface area (Å²) in [5.41, 5.74) is 3.08. The largest absolute Gasteiger partial charge is 0.379 e. The molecular formula is C23H24N2O6S2. The molecule has 3 aromatic rings. The van der Waals surface area contributed by atoms with E-state index < -0.39 is 26.0 Å². The third kappa shape index (κ3) is 6.33. The molecule has 3 rings (SSSR count). The molecule has 8 nitrogen and oxygen atoms in total. The smallest absolute Gasteiger partial charge is 0.339 e. The molecule has 0 heterocycles. The fraction of sp³-hybridized carbons (Fsp3) is 0.174. The second kappa shape index (κ2) is 9.24. The summed E-state index contributed by atoms with van der Waals surface area (Å²) in [6, 6.07) is 15.6. The van der Waals surface area contributed by atoms with Crippen molar-refractivity contribution in [2.45, 2.75) is 25.7 Å². The highest BCUT2D eigenvalue weighted by Gasteiger charge is 2.20. The monoisotopic (exact) mass is 488 g/mol. The molecule has 3 aromatic carbocycles. The number of carbonyl (C=O) groups is 1. The van der Waals surface area contributed by atoms with Crippen LogP contribution in [0.4, 0.5) is 11.4 Å². The minimum Gasteiger partial charge on any atom is -0.379 e. The second-order valence-corrected chi connectivity index (χ2v) is 11.0. The van der Waals surface area contributed by atoms with Crippen LogP contribution in [0.15, 0.2) is 65.6 Å². The van der Waals surface area contributed by atoms with E-state index in [2.05, 4.69) is 10.0 Å². The molecule has 33 heavy (non-hydrogen) atoms. The van der Waals surface area contributed by atoms with Gasteiger partial charge in [0.2, 0.25) is 10.0 Å². The van der Waals surface area contributed by atoms with Crippen molar-refractivity contribution < 1.29 is 25.8 Å². The number of amides is 1. The Bertz CT molecular complexity index is 1410. The van der Waals surface area contributed by atoms with Crippen LogP contribution >= 0.6 is 0 Å². The Balaban J connectivity index is 1.74. The summed E-state index contributed by atoms with van der Waals surface area (Å²) in [5.74, 6) is -0.379. The molecule has 1 amide bonds. The molecule has 0 saturated carbocycles. The second-order valence-electron chi connectivity index (χ2n) is 7.69. The van der Waals surface area contributed by atoms with E-state index in [4.69, 9.17) is 4.18 Å². The van der Waals surface area contributed by atoms with Crippen LogP contribution in [-0.4, -0.2) is 29.0 Å². The zero-order valence-corrected chi connectivity index (χ0v) is 20.2. The zero-order chi connectivity index (χ0) is 24.4. The summed E-state index contributed by atoms with van der Waals surface area (Å²) in [6.45, 7) is 5.22. The maximum atomic E-state index is 12.6. The van der Waals surface area contributed by atoms with Gasteiger partial charge in [-0.05, 0) is 79.9 Å². The minimum atomic E-state index is -4.03. The Labute approximate surface area is 193 Å². The predicted octanol–water partition coefficient (Wildman–Crippen LogP) is 4.00. The van der Waals surface area contributed by atoms with Crippen molar-refractivity contribution >= 4 is 37.4 Å². The van der Waals surface area contributed by atoms with E-state index in [0.29, 0.717) is 22.5 Å². The van der Waals surface area contributed by atoms with Crippen LogP contribution in [0.3, 0.4) is 0 Å². The van der Waals surface area contributed by atoms with Crippen LogP contribution in [0, 0.1) is 20.8 Å². The quantitative estimate of drug-likeness (QED) is 0.485. The number of hydrogen-bond donors (Lipinski definition) is 2. The summed E-state index contributed by atoms with van der Waals surface area (Å²) >= 11 is 0. The number of nitrogens with one attached hydrogen (secondary N) is 2. The van der Waals surface area contributed by atoms with Gasteiger partial charge in [0.05, 0.1) is 11.9 Å². The Morgan fingerprint density at radius 2 is 1.45 bits per heavy atom. The average Bonchev–Trinajstić information content (AvgIpc) is 2.71. The lowest BCUT2D eigenvalue weighted by Crippen LogP contribution is -2.14. The van der Waals surface area contributed by atoms with Crippen molar-refractivity contribution in [1.82, 2.24) is 0 Å². The van der Waals surface area contributed by atoms with E-state index in [1.807, 2.05) is 6.07 Å². The van der Waals surface area contributed by atoms with E-state index in [1.165, 1.54) is 30.3 Å². The summed E-state index contributed by atoms with van der Waals surface area (Å²) in [5, 5.41) is 2.69. The van der Waals surface area contributed by atoms with Crippen molar-refractivity contribution in [2.24, 2.45) is 0 Å². The van der Waals surface area contributed by atoms with Gasteiger partial charge >= 0.3 is 10.1 Å². The molecule has 0 aliphatic carbocycles. The molecule has 0 radical (unpaired) electrons. The number of hydrogen-bond acceptors (Lipinski definition) is 6. The Morgan fingerprint density at radius 1 is 0.818 bits per heavy atom. The lowest BCUT2D eigenvalue weighted by molar-refractivity contribution is 0.102. The third-order valence-electron chi connectivity index (χ3n) is 4.73. The number of rotatable bonds is 7.